The largest absolute Gasteiger partial charge is 0.497 e. The molecule has 0 unspecified atom stereocenters. The number of piperazine rings is 1. The van der Waals surface area contributed by atoms with Gasteiger partial charge in [-0.05, 0) is 31.2 Å². The molecule has 0 radical (unpaired) electrons. The quantitative estimate of drug-likeness (QED) is 0.675. The van der Waals surface area contributed by atoms with Crippen molar-refractivity contribution in [3.63, 3.8) is 0 Å². The Morgan fingerprint density at radius 3 is 2.62 bits per heavy atom. The summed E-state index contributed by atoms with van der Waals surface area (Å²) in [5, 5.41) is 3.43. The number of benzene rings is 1. The first kappa shape index (κ1) is 18.0. The van der Waals surface area contributed by atoms with Crippen molar-refractivity contribution < 1.29 is 4.74 Å². The molecule has 2 heterocycles. The number of rotatable bonds is 4. The summed E-state index contributed by atoms with van der Waals surface area (Å²) in [7, 11) is 3.54. The molecule has 1 N–H and O–H groups in total. The van der Waals surface area contributed by atoms with E-state index in [1.165, 1.54) is 5.69 Å². The molecule has 1 saturated heterocycles. The van der Waals surface area contributed by atoms with Crippen LogP contribution in [-0.2, 0) is 6.54 Å². The van der Waals surface area contributed by atoms with E-state index >= 15 is 0 Å². The molecule has 0 atom stereocenters. The van der Waals surface area contributed by atoms with Crippen molar-refractivity contribution >= 4 is 11.6 Å². The van der Waals surface area contributed by atoms with Gasteiger partial charge in [0.25, 0.3) is 0 Å². The summed E-state index contributed by atoms with van der Waals surface area (Å²) in [5.74, 6) is 1.83. The molecule has 1 aliphatic heterocycles. The van der Waals surface area contributed by atoms with Gasteiger partial charge in [-0.25, -0.2) is 0 Å². The van der Waals surface area contributed by atoms with Crippen LogP contribution in [0.2, 0.25) is 0 Å². The highest BCUT2D eigenvalue weighted by atomic mass is 16.5. The first-order valence-electron chi connectivity index (χ1n) is 8.97. The first-order valence-corrected chi connectivity index (χ1v) is 8.97. The predicted molar refractivity (Wildman–Crippen MR) is 106 cm³/mol. The summed E-state index contributed by atoms with van der Waals surface area (Å²) < 4.78 is 5.33. The molecular weight excluding hydrogens is 326 g/mol. The highest BCUT2D eigenvalue weighted by molar-refractivity contribution is 5.80. The molecule has 0 aliphatic carbocycles. The maximum atomic E-state index is 5.33. The fourth-order valence-corrected chi connectivity index (χ4v) is 3.18. The van der Waals surface area contributed by atoms with Gasteiger partial charge in [-0.1, -0.05) is 12.1 Å². The third kappa shape index (κ3) is 4.45. The first-order chi connectivity index (χ1) is 12.7. The summed E-state index contributed by atoms with van der Waals surface area (Å²) in [6.07, 6.45) is 0. The normalized spacial score (nSPS) is 15.1. The number of nitrogens with zero attached hydrogens (tertiary/aromatic N) is 4. The summed E-state index contributed by atoms with van der Waals surface area (Å²) in [4.78, 5) is 13.7. The van der Waals surface area contributed by atoms with Gasteiger partial charge >= 0.3 is 0 Å². The van der Waals surface area contributed by atoms with Crippen molar-refractivity contribution in [1.29, 1.82) is 0 Å². The average Bonchev–Trinajstić information content (AvgIpc) is 2.69. The molecule has 26 heavy (non-hydrogen) atoms. The van der Waals surface area contributed by atoms with E-state index in [2.05, 4.69) is 37.2 Å². The molecule has 1 aromatic heterocycles. The molecule has 3 rings (SSSR count). The van der Waals surface area contributed by atoms with E-state index in [4.69, 9.17) is 4.74 Å². The molecular formula is C20H27N5O. The van der Waals surface area contributed by atoms with Crippen molar-refractivity contribution in [2.24, 2.45) is 4.99 Å². The van der Waals surface area contributed by atoms with Crippen molar-refractivity contribution in [3.05, 3.63) is 53.9 Å². The van der Waals surface area contributed by atoms with E-state index in [9.17, 15) is 0 Å². The van der Waals surface area contributed by atoms with E-state index in [0.717, 1.165) is 49.3 Å². The van der Waals surface area contributed by atoms with Crippen LogP contribution in [0.3, 0.4) is 0 Å². The van der Waals surface area contributed by atoms with Crippen molar-refractivity contribution in [2.75, 3.05) is 45.2 Å². The van der Waals surface area contributed by atoms with Crippen LogP contribution in [0.15, 0.2) is 47.5 Å². The number of nitrogens with one attached hydrogen (secondary N) is 1. The number of pyridine rings is 1. The second-order valence-corrected chi connectivity index (χ2v) is 6.35. The van der Waals surface area contributed by atoms with Crippen molar-refractivity contribution in [3.8, 4) is 5.75 Å². The Bertz CT molecular complexity index is 753. The van der Waals surface area contributed by atoms with Crippen LogP contribution >= 0.6 is 0 Å². The molecule has 2 aromatic rings. The molecule has 1 aromatic carbocycles. The van der Waals surface area contributed by atoms with Crippen molar-refractivity contribution in [2.45, 2.75) is 13.5 Å². The smallest absolute Gasteiger partial charge is 0.194 e. The Labute approximate surface area is 155 Å². The van der Waals surface area contributed by atoms with Crippen LogP contribution in [-0.4, -0.2) is 56.2 Å². The standard InChI is InChI=1S/C20H27N5O/c1-16-6-4-7-17(23-16)15-22-20(21-2)25-12-10-24(11-13-25)18-8-5-9-19(14-18)26-3/h4-9,14H,10-13,15H2,1-3H3,(H,21,22). The fraction of sp³-hybridized carbons (Fsp3) is 0.400. The summed E-state index contributed by atoms with van der Waals surface area (Å²) >= 11 is 0. The average molecular weight is 353 g/mol. The molecule has 0 saturated carbocycles. The Kier molecular flexibility index (Phi) is 5.94. The van der Waals surface area contributed by atoms with E-state index in [-0.39, 0.29) is 0 Å². The van der Waals surface area contributed by atoms with Gasteiger partial charge in [-0.3, -0.25) is 9.98 Å². The van der Waals surface area contributed by atoms with Crippen LogP contribution in [0.4, 0.5) is 5.69 Å². The van der Waals surface area contributed by atoms with Gasteiger partial charge in [-0.15, -0.1) is 0 Å². The topological polar surface area (TPSA) is 53.0 Å². The van der Waals surface area contributed by atoms with E-state index in [1.54, 1.807) is 7.11 Å². The van der Waals surface area contributed by atoms with Crippen LogP contribution < -0.4 is 15.0 Å². The maximum absolute atomic E-state index is 5.33. The van der Waals surface area contributed by atoms with Crippen LogP contribution in [0, 0.1) is 6.92 Å². The lowest BCUT2D eigenvalue weighted by molar-refractivity contribution is 0.371. The minimum Gasteiger partial charge on any atom is -0.497 e. The molecule has 0 amide bonds. The molecule has 138 valence electrons. The second kappa shape index (κ2) is 8.56. The van der Waals surface area contributed by atoms with Gasteiger partial charge in [-0.2, -0.15) is 0 Å². The summed E-state index contributed by atoms with van der Waals surface area (Å²) in [6.45, 7) is 6.46. The molecule has 6 nitrogen and oxygen atoms in total. The highest BCUT2D eigenvalue weighted by Gasteiger charge is 2.20. The minimum atomic E-state index is 0.685. The highest BCUT2D eigenvalue weighted by Crippen LogP contribution is 2.22. The zero-order valence-corrected chi connectivity index (χ0v) is 15.8. The van der Waals surface area contributed by atoms with E-state index in [1.807, 2.05) is 44.3 Å². The Morgan fingerprint density at radius 1 is 1.15 bits per heavy atom. The lowest BCUT2D eigenvalue weighted by Crippen LogP contribution is -2.52. The number of hydrogen-bond acceptors (Lipinski definition) is 4. The number of hydrogen-bond donors (Lipinski definition) is 1. The van der Waals surface area contributed by atoms with Crippen LogP contribution in [0.25, 0.3) is 0 Å². The van der Waals surface area contributed by atoms with Crippen molar-refractivity contribution in [1.82, 2.24) is 15.2 Å². The lowest BCUT2D eigenvalue weighted by atomic mass is 10.2. The molecule has 0 spiro atoms. The number of ether oxygens (including phenoxy) is 1. The third-order valence-electron chi connectivity index (χ3n) is 4.58. The zero-order chi connectivity index (χ0) is 18.4. The number of aryl methyl sites for hydroxylation is 1. The van der Waals surface area contributed by atoms with E-state index in [0.29, 0.717) is 6.54 Å². The number of methoxy groups -OCH3 is 1. The number of anilines is 1. The second-order valence-electron chi connectivity index (χ2n) is 6.35. The van der Waals surface area contributed by atoms with Crippen LogP contribution in [0.1, 0.15) is 11.4 Å². The molecule has 1 fully saturated rings. The van der Waals surface area contributed by atoms with Gasteiger partial charge in [0.1, 0.15) is 5.75 Å². The fourth-order valence-electron chi connectivity index (χ4n) is 3.18. The van der Waals surface area contributed by atoms with Gasteiger partial charge in [0.15, 0.2) is 5.96 Å². The van der Waals surface area contributed by atoms with Gasteiger partial charge < -0.3 is 19.9 Å². The number of aromatic nitrogens is 1. The Morgan fingerprint density at radius 2 is 1.92 bits per heavy atom. The zero-order valence-electron chi connectivity index (χ0n) is 15.8. The Hall–Kier alpha value is -2.76. The maximum Gasteiger partial charge on any atom is 0.194 e. The van der Waals surface area contributed by atoms with Gasteiger partial charge in [0, 0.05) is 50.7 Å². The summed E-state index contributed by atoms with van der Waals surface area (Å²) in [5.41, 5.74) is 3.27. The van der Waals surface area contributed by atoms with Gasteiger partial charge in [0.2, 0.25) is 0 Å². The number of guanidine groups is 1. The molecule has 0 bridgehead atoms. The molecule has 6 heteroatoms. The Balaban J connectivity index is 1.55. The summed E-state index contributed by atoms with van der Waals surface area (Å²) in [6, 6.07) is 14.3. The SMILES string of the molecule is CN=C(NCc1cccc(C)n1)N1CCN(c2cccc(OC)c2)CC1. The van der Waals surface area contributed by atoms with Gasteiger partial charge in [0.05, 0.1) is 19.3 Å². The number of aliphatic imine (C=N–C) groups is 1. The van der Waals surface area contributed by atoms with Crippen LogP contribution in [0.5, 0.6) is 5.75 Å². The third-order valence-corrected chi connectivity index (χ3v) is 4.58. The minimum absolute atomic E-state index is 0.685. The predicted octanol–water partition coefficient (Wildman–Crippen LogP) is 2.30. The van der Waals surface area contributed by atoms with E-state index < -0.39 is 0 Å². The molecule has 1 aliphatic rings. The lowest BCUT2D eigenvalue weighted by Gasteiger charge is -2.37. The monoisotopic (exact) mass is 353 g/mol.